The second kappa shape index (κ2) is 18.7. The van der Waals surface area contributed by atoms with Crippen LogP contribution in [0.1, 0.15) is 139 Å². The lowest BCUT2D eigenvalue weighted by Gasteiger charge is -2.08. The van der Waals surface area contributed by atoms with Crippen LogP contribution in [0.5, 0.6) is 0 Å². The lowest BCUT2D eigenvalue weighted by atomic mass is 10.0. The molecule has 2 aromatic carbocycles. The third-order valence-corrected chi connectivity index (χ3v) is 6.94. The fraction of sp³-hybridized carbons (Fsp3) is 0.438. The van der Waals surface area contributed by atoms with Crippen LogP contribution in [-0.4, -0.2) is 69.5 Å². The third-order valence-electron chi connectivity index (χ3n) is 6.94. The number of esters is 2. The van der Waals surface area contributed by atoms with Gasteiger partial charge in [-0.3, -0.25) is 0 Å². The second-order valence-electron chi connectivity index (χ2n) is 10.3. The number of unbranched alkanes of at least 4 members (excludes halogenated alkanes) is 11. The van der Waals surface area contributed by atoms with Crippen LogP contribution in [0.3, 0.4) is 0 Å². The van der Waals surface area contributed by atoms with E-state index in [1.54, 1.807) is 0 Å². The van der Waals surface area contributed by atoms with Crippen molar-refractivity contribution in [3.05, 3.63) is 69.8 Å². The highest BCUT2D eigenvalue weighted by atomic mass is 16.5. The molecule has 0 aromatic heterocycles. The van der Waals surface area contributed by atoms with E-state index in [4.69, 9.17) is 19.7 Å². The third kappa shape index (κ3) is 11.9. The smallest absolute Gasteiger partial charge is 0.339 e. The van der Waals surface area contributed by atoms with Crippen molar-refractivity contribution in [1.29, 1.82) is 0 Å². The van der Waals surface area contributed by atoms with Crippen molar-refractivity contribution in [1.82, 2.24) is 0 Å². The van der Waals surface area contributed by atoms with E-state index in [1.807, 2.05) is 0 Å². The minimum absolute atomic E-state index is 0.154. The van der Waals surface area contributed by atoms with Gasteiger partial charge in [0, 0.05) is 0 Å². The van der Waals surface area contributed by atoms with Crippen molar-refractivity contribution in [2.24, 2.45) is 0 Å². The van der Waals surface area contributed by atoms with E-state index in [2.05, 4.69) is 0 Å². The number of ether oxygens (including phenoxy) is 2. The molecule has 0 saturated carbocycles. The van der Waals surface area contributed by atoms with E-state index < -0.39 is 46.9 Å². The average molecular weight is 615 g/mol. The summed E-state index contributed by atoms with van der Waals surface area (Å²) in [6.45, 7) is 0.308. The molecule has 0 saturated heterocycles. The van der Waals surface area contributed by atoms with Gasteiger partial charge in [0.25, 0.3) is 0 Å². The normalized spacial score (nSPS) is 10.6. The maximum absolute atomic E-state index is 12.2. The van der Waals surface area contributed by atoms with E-state index in [9.17, 15) is 39.0 Å². The average Bonchev–Trinajstić information content (AvgIpc) is 2.99. The molecule has 12 heteroatoms. The van der Waals surface area contributed by atoms with E-state index in [1.165, 1.54) is 12.1 Å². The predicted octanol–water partition coefficient (Wildman–Crippen LogP) is 6.17. The van der Waals surface area contributed by atoms with Gasteiger partial charge >= 0.3 is 35.8 Å². The summed E-state index contributed by atoms with van der Waals surface area (Å²) in [4.78, 5) is 69.3. The highest BCUT2D eigenvalue weighted by Crippen LogP contribution is 2.17. The Kier molecular flexibility index (Phi) is 15.1. The number of carbonyl (C=O) groups is 6. The van der Waals surface area contributed by atoms with Gasteiger partial charge in [0.05, 0.1) is 46.6 Å². The molecule has 12 nitrogen and oxygen atoms in total. The molecule has 238 valence electrons. The van der Waals surface area contributed by atoms with Crippen molar-refractivity contribution >= 4 is 35.8 Å². The molecule has 4 N–H and O–H groups in total. The number of carbonyl (C=O) groups excluding carboxylic acids is 2. The molecule has 0 amide bonds. The van der Waals surface area contributed by atoms with Crippen LogP contribution in [0, 0.1) is 0 Å². The number of benzene rings is 2. The van der Waals surface area contributed by atoms with Crippen LogP contribution in [0.25, 0.3) is 0 Å². The molecule has 0 spiro atoms. The molecule has 2 rings (SSSR count). The summed E-state index contributed by atoms with van der Waals surface area (Å²) in [7, 11) is 0. The van der Waals surface area contributed by atoms with E-state index in [0.717, 1.165) is 88.5 Å². The molecule has 0 aliphatic rings. The Morgan fingerprint density at radius 2 is 0.705 bits per heavy atom. The first-order chi connectivity index (χ1) is 21.0. The summed E-state index contributed by atoms with van der Waals surface area (Å²) in [5.41, 5.74) is -1.61. The van der Waals surface area contributed by atoms with Gasteiger partial charge in [0.1, 0.15) is 0 Å². The molecule has 44 heavy (non-hydrogen) atoms. The molecular weight excluding hydrogens is 576 g/mol. The summed E-state index contributed by atoms with van der Waals surface area (Å²) in [6, 6.07) is 6.52. The summed E-state index contributed by atoms with van der Waals surface area (Å²) >= 11 is 0. The summed E-state index contributed by atoms with van der Waals surface area (Å²) in [5, 5.41) is 36.5. The Balaban J connectivity index is 1.47. The number of hydrogen-bond donors (Lipinski definition) is 4. The van der Waals surface area contributed by atoms with Crippen LogP contribution in [0.2, 0.25) is 0 Å². The van der Waals surface area contributed by atoms with Gasteiger partial charge in [-0.1, -0.05) is 64.2 Å². The summed E-state index contributed by atoms with van der Waals surface area (Å²) < 4.78 is 10.3. The van der Waals surface area contributed by atoms with Crippen molar-refractivity contribution in [2.45, 2.75) is 77.0 Å². The largest absolute Gasteiger partial charge is 0.478 e. The Morgan fingerprint density at radius 3 is 0.977 bits per heavy atom. The monoisotopic (exact) mass is 614 g/mol. The number of carboxylic acid groups (broad SMARTS) is 4. The molecule has 0 bridgehead atoms. The molecule has 0 aliphatic carbocycles. The van der Waals surface area contributed by atoms with E-state index in [-0.39, 0.29) is 35.5 Å². The highest BCUT2D eigenvalue weighted by molar-refractivity contribution is 6.05. The predicted molar refractivity (Wildman–Crippen MR) is 157 cm³/mol. The number of hydrogen-bond acceptors (Lipinski definition) is 8. The highest BCUT2D eigenvalue weighted by Gasteiger charge is 2.21. The van der Waals surface area contributed by atoms with Crippen LogP contribution >= 0.6 is 0 Å². The quantitative estimate of drug-likeness (QED) is 0.0920. The maximum atomic E-state index is 12.2. The Hall–Kier alpha value is -4.74. The molecule has 0 radical (unpaired) electrons. The SMILES string of the molecule is O=C(O)c1ccc(C(=O)OCCCCCCCCCCCCCCOC(=O)c2ccc(C(=O)O)cc2C(=O)O)c(C(=O)O)c1. The molecule has 0 unspecified atom stereocenters. The minimum Gasteiger partial charge on any atom is -0.478 e. The van der Waals surface area contributed by atoms with Crippen LogP contribution in [0.4, 0.5) is 0 Å². The van der Waals surface area contributed by atoms with Crippen molar-refractivity contribution in [3.63, 3.8) is 0 Å². The molecular formula is C32H38O12. The van der Waals surface area contributed by atoms with Gasteiger partial charge in [-0.05, 0) is 49.2 Å². The molecule has 0 aliphatic heterocycles. The number of aromatic carboxylic acids is 4. The number of rotatable bonds is 21. The summed E-state index contributed by atoms with van der Waals surface area (Å²) in [6.07, 6.45) is 11.5. The minimum atomic E-state index is -1.40. The molecule has 0 fully saturated rings. The van der Waals surface area contributed by atoms with Gasteiger partial charge in [-0.15, -0.1) is 0 Å². The van der Waals surface area contributed by atoms with Crippen LogP contribution in [0.15, 0.2) is 36.4 Å². The standard InChI is InChI=1S/C32H38O12/c33-27(34)21-13-15-23(25(19-21)29(37)38)31(41)43-17-11-9-7-5-3-1-2-4-6-8-10-12-18-44-32(42)24-16-14-22(28(35)36)20-26(24)30(39)40/h13-16,19-20H,1-12,17-18H2,(H,33,34)(H,35,36)(H,37,38)(H,39,40). The van der Waals surface area contributed by atoms with Gasteiger partial charge in [-0.2, -0.15) is 0 Å². The zero-order valence-corrected chi connectivity index (χ0v) is 24.4. The van der Waals surface area contributed by atoms with Gasteiger partial charge in [0.15, 0.2) is 0 Å². The van der Waals surface area contributed by atoms with Gasteiger partial charge < -0.3 is 29.9 Å². The lowest BCUT2D eigenvalue weighted by Crippen LogP contribution is -2.13. The zero-order chi connectivity index (χ0) is 32.5. The first-order valence-electron chi connectivity index (χ1n) is 14.6. The van der Waals surface area contributed by atoms with Crippen molar-refractivity contribution < 1.29 is 58.7 Å². The van der Waals surface area contributed by atoms with E-state index >= 15 is 0 Å². The van der Waals surface area contributed by atoms with Crippen LogP contribution < -0.4 is 0 Å². The number of carboxylic acids is 4. The Labute approximate surface area is 254 Å². The first kappa shape index (κ1) is 35.5. The topological polar surface area (TPSA) is 202 Å². The van der Waals surface area contributed by atoms with Crippen molar-refractivity contribution in [2.75, 3.05) is 13.2 Å². The first-order valence-corrected chi connectivity index (χ1v) is 14.6. The fourth-order valence-corrected chi connectivity index (χ4v) is 4.52. The van der Waals surface area contributed by atoms with Crippen LogP contribution in [-0.2, 0) is 9.47 Å². The maximum Gasteiger partial charge on any atom is 0.339 e. The Bertz CT molecular complexity index is 1230. The van der Waals surface area contributed by atoms with E-state index in [0.29, 0.717) is 12.8 Å². The molecule has 0 heterocycles. The van der Waals surface area contributed by atoms with Crippen molar-refractivity contribution in [3.8, 4) is 0 Å². The lowest BCUT2D eigenvalue weighted by molar-refractivity contribution is 0.0481. The van der Waals surface area contributed by atoms with Gasteiger partial charge in [-0.25, -0.2) is 28.8 Å². The Morgan fingerprint density at radius 1 is 0.409 bits per heavy atom. The molecule has 2 aromatic rings. The fourth-order valence-electron chi connectivity index (χ4n) is 4.52. The zero-order valence-electron chi connectivity index (χ0n) is 24.4. The molecule has 0 atom stereocenters. The summed E-state index contributed by atoms with van der Waals surface area (Å²) in [5.74, 6) is -6.96. The van der Waals surface area contributed by atoms with Gasteiger partial charge in [0.2, 0.25) is 0 Å². The second-order valence-corrected chi connectivity index (χ2v) is 10.3.